The van der Waals surface area contributed by atoms with Gasteiger partial charge in [0.1, 0.15) is 11.3 Å². The van der Waals surface area contributed by atoms with Crippen molar-refractivity contribution >= 4 is 17.4 Å². The Labute approximate surface area is 138 Å². The Kier molecular flexibility index (Phi) is 4.20. The van der Waals surface area contributed by atoms with Crippen molar-refractivity contribution in [1.82, 2.24) is 4.98 Å². The van der Waals surface area contributed by atoms with Gasteiger partial charge in [0.05, 0.1) is 7.11 Å². The van der Waals surface area contributed by atoms with Gasteiger partial charge in [0, 0.05) is 23.4 Å². The van der Waals surface area contributed by atoms with E-state index in [1.807, 2.05) is 6.92 Å². The topological polar surface area (TPSA) is 88.3 Å². The molecule has 0 aliphatic heterocycles. The summed E-state index contributed by atoms with van der Waals surface area (Å²) in [5.41, 5.74) is 1.05. The van der Waals surface area contributed by atoms with Crippen LogP contribution in [-0.2, 0) is 6.42 Å². The molecule has 1 heterocycles. The summed E-state index contributed by atoms with van der Waals surface area (Å²) in [5, 5.41) is 2.65. The second kappa shape index (κ2) is 6.31. The third kappa shape index (κ3) is 3.08. The lowest BCUT2D eigenvalue weighted by Crippen LogP contribution is -2.29. The quantitative estimate of drug-likeness (QED) is 0.906. The zero-order valence-electron chi connectivity index (χ0n) is 13.5. The Morgan fingerprint density at radius 1 is 1.21 bits per heavy atom. The number of benzene rings is 1. The van der Waals surface area contributed by atoms with Gasteiger partial charge in [0.25, 0.3) is 11.5 Å². The standard InChI is InChI=1S/C18H18N2O4/c1-10-7-15-13(16(21)8-10)9-14(18(23)20-15)17(22)19-11-3-5-12(24-2)6-4-11/h3-6,9-10H,7-8H2,1-2H3,(H,19,22)(H,20,23)/t10-/m0/s1. The number of Topliss-reactive ketones (excluding diaryl/α,β-unsaturated/α-hetero) is 1. The number of hydrogen-bond acceptors (Lipinski definition) is 4. The lowest BCUT2D eigenvalue weighted by molar-refractivity contribution is 0.0952. The van der Waals surface area contributed by atoms with Crippen LogP contribution in [0, 0.1) is 5.92 Å². The van der Waals surface area contributed by atoms with Crippen molar-refractivity contribution in [3.63, 3.8) is 0 Å². The summed E-state index contributed by atoms with van der Waals surface area (Å²) in [6.45, 7) is 1.96. The van der Waals surface area contributed by atoms with Crippen molar-refractivity contribution in [3.05, 3.63) is 57.5 Å². The maximum Gasteiger partial charge on any atom is 0.261 e. The number of aromatic nitrogens is 1. The maximum atomic E-state index is 12.4. The van der Waals surface area contributed by atoms with Crippen LogP contribution >= 0.6 is 0 Å². The summed E-state index contributed by atoms with van der Waals surface area (Å²) < 4.78 is 5.06. The summed E-state index contributed by atoms with van der Waals surface area (Å²) in [4.78, 5) is 39.4. The number of ether oxygens (including phenoxy) is 1. The van der Waals surface area contributed by atoms with Crippen molar-refractivity contribution in [3.8, 4) is 5.75 Å². The lowest BCUT2D eigenvalue weighted by atomic mass is 9.86. The van der Waals surface area contributed by atoms with Gasteiger partial charge in [-0.1, -0.05) is 6.92 Å². The number of fused-ring (bicyclic) bond motifs is 1. The van der Waals surface area contributed by atoms with Crippen LogP contribution < -0.4 is 15.6 Å². The zero-order chi connectivity index (χ0) is 17.3. The monoisotopic (exact) mass is 326 g/mol. The molecule has 1 aliphatic rings. The SMILES string of the molecule is COc1ccc(NC(=O)c2cc3c([nH]c2=O)C[C@H](C)CC3=O)cc1. The molecule has 0 bridgehead atoms. The highest BCUT2D eigenvalue weighted by atomic mass is 16.5. The van der Waals surface area contributed by atoms with E-state index in [-0.39, 0.29) is 17.3 Å². The van der Waals surface area contributed by atoms with E-state index in [1.54, 1.807) is 31.4 Å². The highest BCUT2D eigenvalue weighted by Crippen LogP contribution is 2.23. The van der Waals surface area contributed by atoms with Crippen molar-refractivity contribution in [2.45, 2.75) is 19.8 Å². The van der Waals surface area contributed by atoms with Crippen LogP contribution in [0.1, 0.15) is 39.8 Å². The second-order valence-corrected chi connectivity index (χ2v) is 6.02. The minimum Gasteiger partial charge on any atom is -0.497 e. The number of carbonyl (C=O) groups is 2. The molecule has 0 fully saturated rings. The Balaban J connectivity index is 1.88. The number of anilines is 1. The van der Waals surface area contributed by atoms with Gasteiger partial charge < -0.3 is 15.0 Å². The normalized spacial score (nSPS) is 16.4. The van der Waals surface area contributed by atoms with E-state index in [0.717, 1.165) is 0 Å². The summed E-state index contributed by atoms with van der Waals surface area (Å²) >= 11 is 0. The molecule has 1 aliphatic carbocycles. The lowest BCUT2D eigenvalue weighted by Gasteiger charge is -2.20. The first-order valence-electron chi connectivity index (χ1n) is 7.72. The number of amides is 1. The smallest absolute Gasteiger partial charge is 0.261 e. The number of nitrogens with one attached hydrogen (secondary N) is 2. The van der Waals surface area contributed by atoms with Crippen LogP contribution in [0.3, 0.4) is 0 Å². The third-order valence-corrected chi connectivity index (χ3v) is 4.10. The number of pyridine rings is 1. The number of H-pyrrole nitrogens is 1. The largest absolute Gasteiger partial charge is 0.497 e. The molecule has 0 radical (unpaired) electrons. The van der Waals surface area contributed by atoms with E-state index in [0.29, 0.717) is 35.5 Å². The van der Waals surface area contributed by atoms with Crippen molar-refractivity contribution in [2.75, 3.05) is 12.4 Å². The predicted molar refractivity (Wildman–Crippen MR) is 89.8 cm³/mol. The molecule has 0 saturated heterocycles. The zero-order valence-corrected chi connectivity index (χ0v) is 13.5. The van der Waals surface area contributed by atoms with Crippen molar-refractivity contribution < 1.29 is 14.3 Å². The molecular weight excluding hydrogens is 308 g/mol. The van der Waals surface area contributed by atoms with Crippen LogP contribution in [0.15, 0.2) is 35.1 Å². The van der Waals surface area contributed by atoms with Crippen LogP contribution in [0.4, 0.5) is 5.69 Å². The highest BCUT2D eigenvalue weighted by Gasteiger charge is 2.25. The average Bonchev–Trinajstić information content (AvgIpc) is 2.54. The summed E-state index contributed by atoms with van der Waals surface area (Å²) in [6, 6.07) is 8.17. The molecule has 6 heteroatoms. The van der Waals surface area contributed by atoms with Crippen LogP contribution in [0.5, 0.6) is 5.75 Å². The van der Waals surface area contributed by atoms with Crippen molar-refractivity contribution in [2.24, 2.45) is 5.92 Å². The van der Waals surface area contributed by atoms with Gasteiger partial charge in [0.15, 0.2) is 5.78 Å². The Hall–Kier alpha value is -2.89. The molecule has 1 aromatic heterocycles. The molecular formula is C18H18N2O4. The van der Waals surface area contributed by atoms with Gasteiger partial charge in [-0.3, -0.25) is 14.4 Å². The summed E-state index contributed by atoms with van der Waals surface area (Å²) in [7, 11) is 1.55. The van der Waals surface area contributed by atoms with E-state index in [2.05, 4.69) is 10.3 Å². The molecule has 24 heavy (non-hydrogen) atoms. The Bertz CT molecular complexity index is 852. The van der Waals surface area contributed by atoms with Gasteiger partial charge >= 0.3 is 0 Å². The molecule has 0 saturated carbocycles. The van der Waals surface area contributed by atoms with E-state index < -0.39 is 11.5 Å². The third-order valence-electron chi connectivity index (χ3n) is 4.10. The number of methoxy groups -OCH3 is 1. The average molecular weight is 326 g/mol. The first kappa shape index (κ1) is 16.0. The van der Waals surface area contributed by atoms with Gasteiger partial charge in [-0.05, 0) is 42.7 Å². The summed E-state index contributed by atoms with van der Waals surface area (Å²) in [5.74, 6) is 0.271. The Morgan fingerprint density at radius 2 is 1.92 bits per heavy atom. The molecule has 1 amide bonds. The molecule has 0 spiro atoms. The van der Waals surface area contributed by atoms with E-state index >= 15 is 0 Å². The number of rotatable bonds is 3. The molecule has 0 unspecified atom stereocenters. The van der Waals surface area contributed by atoms with Crippen LogP contribution in [-0.4, -0.2) is 23.8 Å². The molecule has 1 atom stereocenters. The van der Waals surface area contributed by atoms with Gasteiger partial charge in [-0.2, -0.15) is 0 Å². The first-order chi connectivity index (χ1) is 11.5. The molecule has 3 rings (SSSR count). The minimum atomic E-state index is -0.546. The molecule has 1 aromatic carbocycles. The first-order valence-corrected chi connectivity index (χ1v) is 7.72. The molecule has 2 aromatic rings. The predicted octanol–water partition coefficient (Wildman–Crippen LogP) is 2.40. The molecule has 2 N–H and O–H groups in total. The minimum absolute atomic E-state index is 0.0431. The van der Waals surface area contributed by atoms with E-state index in [1.165, 1.54) is 6.07 Å². The highest BCUT2D eigenvalue weighted by molar-refractivity contribution is 6.06. The molecule has 6 nitrogen and oxygen atoms in total. The van der Waals surface area contributed by atoms with Crippen LogP contribution in [0.25, 0.3) is 0 Å². The van der Waals surface area contributed by atoms with Crippen LogP contribution in [0.2, 0.25) is 0 Å². The van der Waals surface area contributed by atoms with Crippen molar-refractivity contribution in [1.29, 1.82) is 0 Å². The summed E-state index contributed by atoms with van der Waals surface area (Å²) in [6.07, 6.45) is 1.06. The fraction of sp³-hybridized carbons (Fsp3) is 0.278. The number of aromatic amines is 1. The number of hydrogen-bond donors (Lipinski definition) is 2. The van der Waals surface area contributed by atoms with E-state index in [4.69, 9.17) is 4.74 Å². The van der Waals surface area contributed by atoms with Gasteiger partial charge in [-0.15, -0.1) is 0 Å². The number of ketones is 1. The maximum absolute atomic E-state index is 12.4. The molecule has 124 valence electrons. The van der Waals surface area contributed by atoms with E-state index in [9.17, 15) is 14.4 Å². The van der Waals surface area contributed by atoms with Gasteiger partial charge in [-0.25, -0.2) is 0 Å². The fourth-order valence-electron chi connectivity index (χ4n) is 2.87. The van der Waals surface area contributed by atoms with Gasteiger partial charge in [0.2, 0.25) is 0 Å². The fourth-order valence-corrected chi connectivity index (χ4v) is 2.87. The second-order valence-electron chi connectivity index (χ2n) is 6.02. The number of carbonyl (C=O) groups excluding carboxylic acids is 2. The Morgan fingerprint density at radius 3 is 2.58 bits per heavy atom.